The zero-order chi connectivity index (χ0) is 14.0. The molecular formula is C12H15N3O4. The number of methoxy groups -OCH3 is 1. The van der Waals surface area contributed by atoms with Gasteiger partial charge in [0.15, 0.2) is 0 Å². The second-order valence-electron chi connectivity index (χ2n) is 4.47. The second kappa shape index (κ2) is 5.21. The van der Waals surface area contributed by atoms with Gasteiger partial charge in [-0.15, -0.1) is 0 Å². The van der Waals surface area contributed by atoms with Gasteiger partial charge in [-0.3, -0.25) is 10.1 Å². The van der Waals surface area contributed by atoms with Gasteiger partial charge in [0.2, 0.25) is 0 Å². The predicted molar refractivity (Wildman–Crippen MR) is 68.0 cm³/mol. The zero-order valence-corrected chi connectivity index (χ0v) is 10.8. The quantitative estimate of drug-likeness (QED) is 0.467. The monoisotopic (exact) mass is 265 g/mol. The van der Waals surface area contributed by atoms with Crippen molar-refractivity contribution >= 4 is 17.5 Å². The Labute approximate surface area is 110 Å². The van der Waals surface area contributed by atoms with Crippen molar-refractivity contribution in [1.29, 1.82) is 0 Å². The summed E-state index contributed by atoms with van der Waals surface area (Å²) in [6.07, 6.45) is 2.80. The van der Waals surface area contributed by atoms with Crippen molar-refractivity contribution in [1.82, 2.24) is 4.98 Å². The van der Waals surface area contributed by atoms with E-state index in [4.69, 9.17) is 4.74 Å². The first kappa shape index (κ1) is 13.3. The molecule has 19 heavy (non-hydrogen) atoms. The standard InChI is InChI=1S/C12H15N3O4/c1-8-6-9(15(17)18)7-13-11(8)14-5-3-4-10(14)12(16)19-2/h6-7,10H,3-5H2,1-2H3. The van der Waals surface area contributed by atoms with Crippen LogP contribution in [0.25, 0.3) is 0 Å². The maximum Gasteiger partial charge on any atom is 0.328 e. The van der Waals surface area contributed by atoms with Gasteiger partial charge in [0.1, 0.15) is 18.1 Å². The molecule has 0 N–H and O–H groups in total. The Kier molecular flexibility index (Phi) is 3.64. The molecule has 0 aliphatic carbocycles. The second-order valence-corrected chi connectivity index (χ2v) is 4.47. The number of hydrogen-bond donors (Lipinski definition) is 0. The lowest BCUT2D eigenvalue weighted by molar-refractivity contribution is -0.385. The van der Waals surface area contributed by atoms with Crippen LogP contribution in [0, 0.1) is 17.0 Å². The van der Waals surface area contributed by atoms with Gasteiger partial charge < -0.3 is 9.64 Å². The van der Waals surface area contributed by atoms with Crippen molar-refractivity contribution in [2.75, 3.05) is 18.6 Å². The minimum atomic E-state index is -0.481. The Morgan fingerprint density at radius 3 is 2.95 bits per heavy atom. The lowest BCUT2D eigenvalue weighted by atomic mass is 10.2. The molecule has 1 aromatic rings. The number of aryl methyl sites for hydroxylation is 1. The molecule has 2 rings (SSSR count). The van der Waals surface area contributed by atoms with E-state index in [1.165, 1.54) is 19.4 Å². The first-order valence-electron chi connectivity index (χ1n) is 6.00. The third kappa shape index (κ3) is 2.49. The lowest BCUT2D eigenvalue weighted by Gasteiger charge is -2.24. The van der Waals surface area contributed by atoms with Crippen LogP contribution in [-0.2, 0) is 9.53 Å². The Morgan fingerprint density at radius 2 is 2.37 bits per heavy atom. The summed E-state index contributed by atoms with van der Waals surface area (Å²) in [7, 11) is 1.36. The number of hydrogen-bond acceptors (Lipinski definition) is 6. The van der Waals surface area contributed by atoms with Crippen LogP contribution in [0.1, 0.15) is 18.4 Å². The van der Waals surface area contributed by atoms with E-state index in [9.17, 15) is 14.9 Å². The average Bonchev–Trinajstić information content (AvgIpc) is 2.86. The normalized spacial score (nSPS) is 18.4. The largest absolute Gasteiger partial charge is 0.467 e. The molecule has 1 unspecified atom stereocenters. The van der Waals surface area contributed by atoms with Crippen LogP contribution in [0.2, 0.25) is 0 Å². The molecular weight excluding hydrogens is 250 g/mol. The van der Waals surface area contributed by atoms with Gasteiger partial charge in [-0.25, -0.2) is 9.78 Å². The Hall–Kier alpha value is -2.18. The van der Waals surface area contributed by atoms with Crippen LogP contribution in [0.5, 0.6) is 0 Å². The van der Waals surface area contributed by atoms with Gasteiger partial charge in [-0.1, -0.05) is 0 Å². The summed E-state index contributed by atoms with van der Waals surface area (Å²) in [5, 5.41) is 10.7. The highest BCUT2D eigenvalue weighted by molar-refractivity contribution is 5.80. The van der Waals surface area contributed by atoms with Gasteiger partial charge in [0.25, 0.3) is 5.69 Å². The summed E-state index contributed by atoms with van der Waals surface area (Å²) in [6.45, 7) is 2.45. The van der Waals surface area contributed by atoms with Crippen LogP contribution >= 0.6 is 0 Å². The van der Waals surface area contributed by atoms with Crippen LogP contribution in [0.15, 0.2) is 12.3 Å². The van der Waals surface area contributed by atoms with E-state index in [0.717, 1.165) is 6.42 Å². The number of ether oxygens (including phenoxy) is 1. The van der Waals surface area contributed by atoms with E-state index in [1.807, 2.05) is 4.90 Å². The van der Waals surface area contributed by atoms with Gasteiger partial charge in [0.05, 0.1) is 12.0 Å². The first-order valence-corrected chi connectivity index (χ1v) is 6.00. The fourth-order valence-electron chi connectivity index (χ4n) is 2.35. The summed E-state index contributed by atoms with van der Waals surface area (Å²) in [5.74, 6) is 0.315. The molecule has 102 valence electrons. The highest BCUT2D eigenvalue weighted by Crippen LogP contribution is 2.28. The van der Waals surface area contributed by atoms with Gasteiger partial charge in [-0.2, -0.15) is 0 Å². The van der Waals surface area contributed by atoms with Crippen molar-refractivity contribution in [3.8, 4) is 0 Å². The molecule has 1 saturated heterocycles. The number of carbonyl (C=O) groups excluding carboxylic acids is 1. The summed E-state index contributed by atoms with van der Waals surface area (Å²) in [6, 6.07) is 1.12. The maximum absolute atomic E-state index is 11.7. The number of pyridine rings is 1. The Bertz CT molecular complexity index is 518. The summed E-state index contributed by atoms with van der Waals surface area (Å²) >= 11 is 0. The van der Waals surface area contributed by atoms with Crippen LogP contribution < -0.4 is 4.90 Å². The third-order valence-electron chi connectivity index (χ3n) is 3.25. The summed E-state index contributed by atoms with van der Waals surface area (Å²) < 4.78 is 4.77. The number of anilines is 1. The topological polar surface area (TPSA) is 85.6 Å². The average molecular weight is 265 g/mol. The minimum absolute atomic E-state index is 0.0462. The molecule has 1 aliphatic rings. The SMILES string of the molecule is COC(=O)C1CCCN1c1ncc([N+](=O)[O-])cc1C. The fourth-order valence-corrected chi connectivity index (χ4v) is 2.35. The smallest absolute Gasteiger partial charge is 0.328 e. The van der Waals surface area contributed by atoms with E-state index in [1.54, 1.807) is 6.92 Å². The van der Waals surface area contributed by atoms with Gasteiger partial charge in [0, 0.05) is 12.6 Å². The zero-order valence-electron chi connectivity index (χ0n) is 10.8. The van der Waals surface area contributed by atoms with E-state index >= 15 is 0 Å². The van der Waals surface area contributed by atoms with E-state index in [2.05, 4.69) is 4.98 Å². The van der Waals surface area contributed by atoms with Crippen LogP contribution in [0.4, 0.5) is 11.5 Å². The Morgan fingerprint density at radius 1 is 1.63 bits per heavy atom. The van der Waals surface area contributed by atoms with Crippen LogP contribution in [-0.4, -0.2) is 35.6 Å². The number of aromatic nitrogens is 1. The van der Waals surface area contributed by atoms with Crippen LogP contribution in [0.3, 0.4) is 0 Å². The van der Waals surface area contributed by atoms with Crippen molar-refractivity contribution in [3.05, 3.63) is 27.9 Å². The third-order valence-corrected chi connectivity index (χ3v) is 3.25. The molecule has 0 amide bonds. The van der Waals surface area contributed by atoms with E-state index < -0.39 is 4.92 Å². The molecule has 1 aliphatic heterocycles. The van der Waals surface area contributed by atoms with E-state index in [-0.39, 0.29) is 17.7 Å². The Balaban J connectivity index is 2.31. The first-order chi connectivity index (χ1) is 9.04. The minimum Gasteiger partial charge on any atom is -0.467 e. The van der Waals surface area contributed by atoms with Crippen molar-refractivity contribution in [2.45, 2.75) is 25.8 Å². The van der Waals surface area contributed by atoms with Crippen molar-refractivity contribution in [2.24, 2.45) is 0 Å². The lowest BCUT2D eigenvalue weighted by Crippen LogP contribution is -2.37. The molecule has 7 heteroatoms. The fraction of sp³-hybridized carbons (Fsp3) is 0.500. The molecule has 0 spiro atoms. The summed E-state index contributed by atoms with van der Waals surface area (Å²) in [5.41, 5.74) is 0.639. The van der Waals surface area contributed by atoms with Crippen molar-refractivity contribution < 1.29 is 14.5 Å². The highest BCUT2D eigenvalue weighted by atomic mass is 16.6. The van der Waals surface area contributed by atoms with Crippen molar-refractivity contribution in [3.63, 3.8) is 0 Å². The molecule has 1 fully saturated rings. The molecule has 0 radical (unpaired) electrons. The highest BCUT2D eigenvalue weighted by Gasteiger charge is 2.33. The van der Waals surface area contributed by atoms with Gasteiger partial charge >= 0.3 is 5.97 Å². The predicted octanol–water partition coefficient (Wildman–Crippen LogP) is 1.44. The summed E-state index contributed by atoms with van der Waals surface area (Å²) in [4.78, 5) is 27.9. The maximum atomic E-state index is 11.7. The number of nitrogens with zero attached hydrogens (tertiary/aromatic N) is 3. The molecule has 0 bridgehead atoms. The number of nitro groups is 1. The molecule has 2 heterocycles. The molecule has 0 saturated carbocycles. The van der Waals surface area contributed by atoms with E-state index in [0.29, 0.717) is 24.3 Å². The number of carbonyl (C=O) groups is 1. The van der Waals surface area contributed by atoms with Gasteiger partial charge in [-0.05, 0) is 25.3 Å². The molecule has 1 aromatic heterocycles. The number of rotatable bonds is 3. The molecule has 7 nitrogen and oxygen atoms in total. The molecule has 1 atom stereocenters. The molecule has 0 aromatic carbocycles. The number of esters is 1.